The third kappa shape index (κ3) is 9.35. The molecule has 178 valence electrons. The second kappa shape index (κ2) is 12.0. The zero-order chi connectivity index (χ0) is 24.4. The van der Waals surface area contributed by atoms with E-state index in [0.29, 0.717) is 6.54 Å². The number of alkyl carbamates (subject to hydrolysis) is 1. The highest BCUT2D eigenvalue weighted by molar-refractivity contribution is 5.87. The fourth-order valence-corrected chi connectivity index (χ4v) is 3.08. The summed E-state index contributed by atoms with van der Waals surface area (Å²) in [5, 5.41) is 5.41. The fourth-order valence-electron chi connectivity index (χ4n) is 3.08. The predicted molar refractivity (Wildman–Crippen MR) is 126 cm³/mol. The number of carbonyl (C=O) groups excluding carboxylic acids is 3. The van der Waals surface area contributed by atoms with Gasteiger partial charge in [-0.3, -0.25) is 4.79 Å². The van der Waals surface area contributed by atoms with Crippen LogP contribution in [0.1, 0.15) is 45.7 Å². The number of nitrogens with one attached hydrogen (secondary N) is 2. The summed E-state index contributed by atoms with van der Waals surface area (Å²) in [6, 6.07) is 17.7. The van der Waals surface area contributed by atoms with Crippen molar-refractivity contribution in [2.75, 3.05) is 0 Å². The van der Waals surface area contributed by atoms with Gasteiger partial charge in [-0.15, -0.1) is 0 Å². The van der Waals surface area contributed by atoms with Crippen molar-refractivity contribution >= 4 is 18.0 Å². The Morgan fingerprint density at radius 2 is 1.42 bits per heavy atom. The third-order valence-corrected chi connectivity index (χ3v) is 4.67. The minimum absolute atomic E-state index is 0.204. The first kappa shape index (κ1) is 25.9. The molecule has 2 N–H and O–H groups in total. The van der Waals surface area contributed by atoms with Crippen LogP contribution in [0.3, 0.4) is 0 Å². The maximum Gasteiger partial charge on any atom is 0.408 e. The summed E-state index contributed by atoms with van der Waals surface area (Å²) < 4.78 is 10.9. The molecule has 2 amide bonds. The Bertz CT molecular complexity index is 907. The van der Waals surface area contributed by atoms with Gasteiger partial charge in [-0.2, -0.15) is 0 Å². The summed E-state index contributed by atoms with van der Waals surface area (Å²) in [4.78, 5) is 38.2. The van der Waals surface area contributed by atoms with Crippen LogP contribution in [0, 0.1) is 5.92 Å². The molecule has 0 aliphatic carbocycles. The van der Waals surface area contributed by atoms with Crippen molar-refractivity contribution in [1.29, 1.82) is 0 Å². The van der Waals surface area contributed by atoms with Crippen LogP contribution in [0.2, 0.25) is 0 Å². The van der Waals surface area contributed by atoms with E-state index in [9.17, 15) is 14.4 Å². The standard InChI is InChI=1S/C26H34N2O5/c1-18(2)22(23(29)27-17-20-14-10-7-11-15-20)32-24(30)21(16-19-12-8-6-9-13-19)28-25(31)33-26(3,4)5/h6-15,18,21-22H,16-17H2,1-5H3,(H,27,29)(H,28,31). The molecule has 0 saturated heterocycles. The summed E-state index contributed by atoms with van der Waals surface area (Å²) in [7, 11) is 0. The lowest BCUT2D eigenvalue weighted by Gasteiger charge is -2.26. The van der Waals surface area contributed by atoms with Crippen molar-refractivity contribution in [3.63, 3.8) is 0 Å². The number of rotatable bonds is 9. The number of hydrogen-bond acceptors (Lipinski definition) is 5. The molecule has 2 aromatic carbocycles. The maximum atomic E-state index is 13.1. The van der Waals surface area contributed by atoms with Crippen LogP contribution in [-0.2, 0) is 32.0 Å². The lowest BCUT2D eigenvalue weighted by atomic mass is 10.0. The molecule has 0 radical (unpaired) electrons. The zero-order valence-corrected chi connectivity index (χ0v) is 20.0. The minimum Gasteiger partial charge on any atom is -0.450 e. The van der Waals surface area contributed by atoms with Gasteiger partial charge in [-0.25, -0.2) is 9.59 Å². The Hall–Kier alpha value is -3.35. The van der Waals surface area contributed by atoms with Crippen LogP contribution in [0.4, 0.5) is 4.79 Å². The highest BCUT2D eigenvalue weighted by Crippen LogP contribution is 2.13. The van der Waals surface area contributed by atoms with E-state index in [1.807, 2.05) is 60.7 Å². The predicted octanol–water partition coefficient (Wildman–Crippen LogP) is 4.01. The van der Waals surface area contributed by atoms with E-state index in [0.717, 1.165) is 11.1 Å². The van der Waals surface area contributed by atoms with E-state index < -0.39 is 35.7 Å². The zero-order valence-electron chi connectivity index (χ0n) is 20.0. The number of esters is 1. The van der Waals surface area contributed by atoms with E-state index >= 15 is 0 Å². The number of benzene rings is 2. The fraction of sp³-hybridized carbons (Fsp3) is 0.423. The van der Waals surface area contributed by atoms with Crippen molar-refractivity contribution in [2.45, 2.75) is 65.3 Å². The molecule has 0 fully saturated rings. The lowest BCUT2D eigenvalue weighted by molar-refractivity contribution is -0.160. The molecule has 0 bridgehead atoms. The molecule has 2 atom stereocenters. The molecular formula is C26H34N2O5. The van der Waals surface area contributed by atoms with Gasteiger partial charge in [-0.1, -0.05) is 74.5 Å². The normalized spacial score (nSPS) is 13.0. The first-order valence-electron chi connectivity index (χ1n) is 11.1. The highest BCUT2D eigenvalue weighted by Gasteiger charge is 2.32. The topological polar surface area (TPSA) is 93.7 Å². The van der Waals surface area contributed by atoms with Crippen molar-refractivity contribution in [2.24, 2.45) is 5.92 Å². The summed E-state index contributed by atoms with van der Waals surface area (Å²) in [6.07, 6.45) is -1.52. The quantitative estimate of drug-likeness (QED) is 0.559. The second-order valence-electron chi connectivity index (χ2n) is 9.19. The number of carbonyl (C=O) groups is 3. The molecule has 0 aliphatic heterocycles. The van der Waals surface area contributed by atoms with Crippen molar-refractivity contribution in [3.8, 4) is 0 Å². The Morgan fingerprint density at radius 3 is 1.94 bits per heavy atom. The van der Waals surface area contributed by atoms with E-state index in [-0.39, 0.29) is 12.3 Å². The van der Waals surface area contributed by atoms with E-state index in [1.54, 1.807) is 34.6 Å². The van der Waals surface area contributed by atoms with Crippen LogP contribution >= 0.6 is 0 Å². The Labute approximate surface area is 195 Å². The molecule has 0 spiro atoms. The van der Waals surface area contributed by atoms with Gasteiger partial charge >= 0.3 is 12.1 Å². The van der Waals surface area contributed by atoms with Crippen molar-refractivity contribution < 1.29 is 23.9 Å². The van der Waals surface area contributed by atoms with E-state index in [1.165, 1.54) is 0 Å². The van der Waals surface area contributed by atoms with E-state index in [2.05, 4.69) is 10.6 Å². The van der Waals surface area contributed by atoms with Crippen LogP contribution in [0.15, 0.2) is 60.7 Å². The monoisotopic (exact) mass is 454 g/mol. The van der Waals surface area contributed by atoms with Gasteiger partial charge in [0.2, 0.25) is 0 Å². The van der Waals surface area contributed by atoms with Gasteiger partial charge in [0.25, 0.3) is 5.91 Å². The molecule has 0 heterocycles. The summed E-state index contributed by atoms with van der Waals surface area (Å²) in [5.41, 5.74) is 1.06. The van der Waals surface area contributed by atoms with Crippen molar-refractivity contribution in [1.82, 2.24) is 10.6 Å². The molecule has 7 heteroatoms. The van der Waals surface area contributed by atoms with Gasteiger partial charge in [-0.05, 0) is 37.8 Å². The van der Waals surface area contributed by atoms with Gasteiger partial charge < -0.3 is 20.1 Å². The van der Waals surface area contributed by atoms with Gasteiger partial charge in [0.1, 0.15) is 11.6 Å². The van der Waals surface area contributed by atoms with Gasteiger partial charge in [0.05, 0.1) is 0 Å². The first-order valence-corrected chi connectivity index (χ1v) is 11.1. The van der Waals surface area contributed by atoms with Crippen LogP contribution in [-0.4, -0.2) is 35.7 Å². The van der Waals surface area contributed by atoms with Crippen LogP contribution in [0.25, 0.3) is 0 Å². The molecule has 2 aromatic rings. The molecule has 2 unspecified atom stereocenters. The molecule has 0 saturated carbocycles. The summed E-state index contributed by atoms with van der Waals surface area (Å²) in [5.74, 6) is -1.35. The molecule has 33 heavy (non-hydrogen) atoms. The van der Waals surface area contributed by atoms with Gasteiger partial charge in [0, 0.05) is 13.0 Å². The summed E-state index contributed by atoms with van der Waals surface area (Å²) in [6.45, 7) is 9.14. The highest BCUT2D eigenvalue weighted by atomic mass is 16.6. The average Bonchev–Trinajstić information content (AvgIpc) is 2.75. The Kier molecular flexibility index (Phi) is 9.45. The number of ether oxygens (including phenoxy) is 2. The first-order chi connectivity index (χ1) is 15.5. The Morgan fingerprint density at radius 1 is 0.879 bits per heavy atom. The average molecular weight is 455 g/mol. The summed E-state index contributed by atoms with van der Waals surface area (Å²) >= 11 is 0. The van der Waals surface area contributed by atoms with Crippen LogP contribution < -0.4 is 10.6 Å². The molecular weight excluding hydrogens is 420 g/mol. The Balaban J connectivity index is 2.10. The van der Waals surface area contributed by atoms with Gasteiger partial charge in [0.15, 0.2) is 6.10 Å². The second-order valence-corrected chi connectivity index (χ2v) is 9.19. The molecule has 0 aromatic heterocycles. The number of amides is 2. The largest absolute Gasteiger partial charge is 0.450 e. The maximum absolute atomic E-state index is 13.1. The third-order valence-electron chi connectivity index (χ3n) is 4.67. The van der Waals surface area contributed by atoms with Crippen LogP contribution in [0.5, 0.6) is 0 Å². The molecule has 2 rings (SSSR count). The number of hydrogen-bond donors (Lipinski definition) is 2. The minimum atomic E-state index is -1.01. The molecule has 0 aliphatic rings. The SMILES string of the molecule is CC(C)C(OC(=O)C(Cc1ccccc1)NC(=O)OC(C)(C)C)C(=O)NCc1ccccc1. The van der Waals surface area contributed by atoms with Crippen molar-refractivity contribution in [3.05, 3.63) is 71.8 Å². The lowest BCUT2D eigenvalue weighted by Crippen LogP contribution is -2.49. The smallest absolute Gasteiger partial charge is 0.408 e. The van der Waals surface area contributed by atoms with E-state index in [4.69, 9.17) is 9.47 Å². The molecule has 7 nitrogen and oxygen atoms in total.